The summed E-state index contributed by atoms with van der Waals surface area (Å²) in [6.45, 7) is -6.35. The van der Waals surface area contributed by atoms with Crippen LogP contribution in [0.15, 0.2) is 79.0 Å². The quantitative estimate of drug-likeness (QED) is 0.136. The Kier molecular flexibility index (Phi) is 14.1. The fourth-order valence-corrected chi connectivity index (χ4v) is 6.06. The molecule has 0 aliphatic carbocycles. The number of anilines is 2. The third kappa shape index (κ3) is 12.5. The zero-order valence-corrected chi connectivity index (χ0v) is 29.7. The zero-order chi connectivity index (χ0) is 41.3. The number of halogens is 8. The number of aromatic nitrogens is 1. The summed E-state index contributed by atoms with van der Waals surface area (Å²) in [5, 5.41) is 2.09. The van der Waals surface area contributed by atoms with E-state index in [4.69, 9.17) is 0 Å². The molecule has 0 fully saturated rings. The molecule has 4 rings (SSSR count). The van der Waals surface area contributed by atoms with Gasteiger partial charge in [-0.05, 0) is 72.1 Å². The Bertz CT molecular complexity index is 2090. The van der Waals surface area contributed by atoms with E-state index in [1.165, 1.54) is 23.9 Å². The molecule has 56 heavy (non-hydrogen) atoms. The van der Waals surface area contributed by atoms with Gasteiger partial charge in [-0.3, -0.25) is 9.59 Å². The van der Waals surface area contributed by atoms with E-state index in [9.17, 15) is 57.9 Å². The molecule has 4 amide bonds. The number of alkyl halides is 4. The fourth-order valence-electron chi connectivity index (χ4n) is 5.14. The van der Waals surface area contributed by atoms with Gasteiger partial charge in [-0.1, -0.05) is 0 Å². The smallest absolute Gasteiger partial charge is 0.388 e. The molecule has 22 heteroatoms. The summed E-state index contributed by atoms with van der Waals surface area (Å²) in [4.78, 5) is 45.7. The van der Waals surface area contributed by atoms with Crippen LogP contribution in [-0.2, 0) is 32.6 Å². The summed E-state index contributed by atoms with van der Waals surface area (Å²) < 4.78 is 145. The average Bonchev–Trinajstić information content (AvgIpc) is 3.08. The van der Waals surface area contributed by atoms with Gasteiger partial charge in [0.1, 0.15) is 41.1 Å². The van der Waals surface area contributed by atoms with Crippen LogP contribution in [0.5, 0.6) is 11.6 Å². The zero-order valence-electron chi connectivity index (χ0n) is 28.9. The lowest BCUT2D eigenvalue weighted by Crippen LogP contribution is -2.57. The predicted molar refractivity (Wildman–Crippen MR) is 182 cm³/mol. The SMILES string of the molecule is CN(C(=O)[C@H](Cc1cc(F)cc(F)c1)NC(=O)NS(=O)(=O)N[C@@H](Cc1cc(F)cc(F)c1)C(=O)N(C)c1ccc(OC(F)F)nc1)c1ccc(OC(F)F)cc1. The molecule has 0 saturated heterocycles. The molecule has 0 spiro atoms. The molecule has 2 atom stereocenters. The highest BCUT2D eigenvalue weighted by Gasteiger charge is 2.32. The van der Waals surface area contributed by atoms with Crippen molar-refractivity contribution in [3.05, 3.63) is 113 Å². The first kappa shape index (κ1) is 42.7. The lowest BCUT2D eigenvalue weighted by molar-refractivity contribution is -0.120. The summed E-state index contributed by atoms with van der Waals surface area (Å²) in [5.74, 6) is -7.10. The van der Waals surface area contributed by atoms with Gasteiger partial charge in [-0.15, -0.1) is 0 Å². The standard InChI is InChI=1S/C34H30F8N6O7S/c1-47(24-3-6-26(7-4-24)54-32(39)40)30(49)27(13-18-9-20(35)15-21(36)10-18)44-34(51)46-56(52,53)45-28(14-19-11-22(37)16-23(38)12-19)31(50)48(2)25-5-8-29(43-17-25)55-33(41)42/h3-12,15-17,27-28,32-33,45H,13-14H2,1-2H3,(H2,44,46,51)/t27-,28-/m0/s1. The van der Waals surface area contributed by atoms with Crippen LogP contribution < -0.4 is 34.0 Å². The summed E-state index contributed by atoms with van der Waals surface area (Å²) in [6, 6.07) is 5.75. The van der Waals surface area contributed by atoms with Gasteiger partial charge in [0.25, 0.3) is 0 Å². The number of carbonyl (C=O) groups is 3. The highest BCUT2D eigenvalue weighted by molar-refractivity contribution is 7.88. The number of hydrogen-bond donors (Lipinski definition) is 3. The van der Waals surface area contributed by atoms with E-state index in [0.29, 0.717) is 12.1 Å². The third-order valence-electron chi connectivity index (χ3n) is 7.58. The van der Waals surface area contributed by atoms with Gasteiger partial charge in [0.15, 0.2) is 0 Å². The Hall–Kier alpha value is -6.03. The van der Waals surface area contributed by atoms with Crippen LogP contribution in [0.1, 0.15) is 11.1 Å². The highest BCUT2D eigenvalue weighted by Crippen LogP contribution is 2.22. The van der Waals surface area contributed by atoms with Crippen LogP contribution in [-0.4, -0.2) is 70.6 Å². The first-order chi connectivity index (χ1) is 26.3. The first-order valence-electron chi connectivity index (χ1n) is 15.8. The second kappa shape index (κ2) is 18.5. The minimum Gasteiger partial charge on any atom is -0.435 e. The van der Waals surface area contributed by atoms with Gasteiger partial charge in [0.2, 0.25) is 17.7 Å². The molecule has 0 aliphatic rings. The van der Waals surface area contributed by atoms with Crippen LogP contribution >= 0.6 is 0 Å². The molecule has 3 aromatic carbocycles. The predicted octanol–water partition coefficient (Wildman–Crippen LogP) is 4.82. The van der Waals surface area contributed by atoms with Gasteiger partial charge >= 0.3 is 29.5 Å². The van der Waals surface area contributed by atoms with Crippen molar-refractivity contribution in [3.8, 4) is 11.6 Å². The van der Waals surface area contributed by atoms with Gasteiger partial charge in [-0.2, -0.15) is 30.7 Å². The number of likely N-dealkylation sites (N-methyl/N-ethyl adjacent to an activating group) is 2. The number of nitrogens with one attached hydrogen (secondary N) is 3. The second-order valence-electron chi connectivity index (χ2n) is 11.7. The molecule has 13 nitrogen and oxygen atoms in total. The van der Waals surface area contributed by atoms with Crippen molar-refractivity contribution in [1.29, 1.82) is 0 Å². The Morgan fingerprint density at radius 2 is 1.14 bits per heavy atom. The lowest BCUT2D eigenvalue weighted by atomic mass is 10.0. The number of nitrogens with zero attached hydrogens (tertiary/aromatic N) is 3. The number of benzene rings is 3. The monoisotopic (exact) mass is 818 g/mol. The number of urea groups is 1. The van der Waals surface area contributed by atoms with Gasteiger partial charge in [-0.25, -0.2) is 32.1 Å². The minimum atomic E-state index is -5.13. The van der Waals surface area contributed by atoms with Crippen molar-refractivity contribution in [1.82, 2.24) is 19.7 Å². The average molecular weight is 819 g/mol. The van der Waals surface area contributed by atoms with E-state index >= 15 is 0 Å². The summed E-state index contributed by atoms with van der Waals surface area (Å²) in [7, 11) is -2.81. The van der Waals surface area contributed by atoms with Crippen LogP contribution in [0.3, 0.4) is 0 Å². The minimum absolute atomic E-state index is 0.0641. The molecule has 0 radical (unpaired) electrons. The number of amides is 4. The number of hydrogen-bond acceptors (Lipinski definition) is 8. The third-order valence-corrected chi connectivity index (χ3v) is 8.63. The number of rotatable bonds is 16. The van der Waals surface area contributed by atoms with E-state index in [2.05, 4.69) is 19.8 Å². The van der Waals surface area contributed by atoms with Crippen LogP contribution in [0.2, 0.25) is 0 Å². The van der Waals surface area contributed by atoms with Crippen molar-refractivity contribution in [2.75, 3.05) is 23.9 Å². The van der Waals surface area contributed by atoms with Crippen LogP contribution in [0, 0.1) is 23.3 Å². The topological polar surface area (TPSA) is 159 Å². The molecule has 0 bridgehead atoms. The van der Waals surface area contributed by atoms with Crippen molar-refractivity contribution < 1.29 is 67.4 Å². The van der Waals surface area contributed by atoms with Crippen LogP contribution in [0.25, 0.3) is 0 Å². The Morgan fingerprint density at radius 3 is 1.62 bits per heavy atom. The van der Waals surface area contributed by atoms with Gasteiger partial charge in [0.05, 0.1) is 11.9 Å². The number of ether oxygens (including phenoxy) is 2. The Morgan fingerprint density at radius 1 is 0.679 bits per heavy atom. The number of carbonyl (C=O) groups excluding carboxylic acids is 3. The molecule has 4 aromatic rings. The summed E-state index contributed by atoms with van der Waals surface area (Å²) in [5.41, 5.74) is -0.387. The maximum absolute atomic E-state index is 14.0. The van der Waals surface area contributed by atoms with Crippen LogP contribution in [0.4, 0.5) is 51.3 Å². The second-order valence-corrected chi connectivity index (χ2v) is 13.1. The van der Waals surface area contributed by atoms with Gasteiger partial charge < -0.3 is 24.6 Å². The first-order valence-corrected chi connectivity index (χ1v) is 17.3. The summed E-state index contributed by atoms with van der Waals surface area (Å²) >= 11 is 0. The van der Waals surface area contributed by atoms with E-state index in [1.807, 2.05) is 4.72 Å². The van der Waals surface area contributed by atoms with Gasteiger partial charge in [0, 0.05) is 44.4 Å². The van der Waals surface area contributed by atoms with Crippen molar-refractivity contribution >= 4 is 39.4 Å². The Labute approximate surface area is 313 Å². The maximum atomic E-state index is 14.0. The normalized spacial score (nSPS) is 12.5. The van der Waals surface area contributed by atoms with E-state index in [-0.39, 0.29) is 28.3 Å². The summed E-state index contributed by atoms with van der Waals surface area (Å²) in [6.07, 6.45) is -0.394. The molecule has 1 heterocycles. The Balaban J connectivity index is 1.58. The maximum Gasteiger partial charge on any atom is 0.388 e. The lowest BCUT2D eigenvalue weighted by Gasteiger charge is -2.26. The molecule has 0 unspecified atom stereocenters. The largest absolute Gasteiger partial charge is 0.435 e. The molecule has 3 N–H and O–H groups in total. The molecule has 0 saturated carbocycles. The number of pyridine rings is 1. The molecule has 1 aromatic heterocycles. The highest BCUT2D eigenvalue weighted by atomic mass is 32.2. The molecular formula is C34H30F8N6O7S. The van der Waals surface area contributed by atoms with Crippen molar-refractivity contribution in [3.63, 3.8) is 0 Å². The van der Waals surface area contributed by atoms with Crippen molar-refractivity contribution in [2.24, 2.45) is 0 Å². The molecular weight excluding hydrogens is 788 g/mol. The fraction of sp³-hybridized carbons (Fsp3) is 0.235. The molecule has 300 valence electrons. The van der Waals surface area contributed by atoms with E-state index < -0.39 is 95.4 Å². The molecule has 0 aliphatic heterocycles. The van der Waals surface area contributed by atoms with E-state index in [1.54, 1.807) is 0 Å². The van der Waals surface area contributed by atoms with E-state index in [0.717, 1.165) is 71.6 Å². The van der Waals surface area contributed by atoms with Crippen molar-refractivity contribution in [2.45, 2.75) is 38.1 Å².